The van der Waals surface area contributed by atoms with E-state index < -0.39 is 32.0 Å². The van der Waals surface area contributed by atoms with Crippen LogP contribution < -0.4 is 9.26 Å². The lowest BCUT2D eigenvalue weighted by Crippen LogP contribution is -2.39. The van der Waals surface area contributed by atoms with E-state index in [0.29, 0.717) is 21.2 Å². The van der Waals surface area contributed by atoms with Crippen LogP contribution in [0.3, 0.4) is 0 Å². The number of phosphoric acid groups is 1. The molecule has 0 radical (unpaired) electrons. The molecule has 30 heavy (non-hydrogen) atoms. The fourth-order valence-electron chi connectivity index (χ4n) is 3.50. The van der Waals surface area contributed by atoms with Gasteiger partial charge in [0.15, 0.2) is 11.5 Å². The summed E-state index contributed by atoms with van der Waals surface area (Å²) in [4.78, 5) is 32.3. The fourth-order valence-corrected chi connectivity index (χ4v) is 4.49. The summed E-state index contributed by atoms with van der Waals surface area (Å²) in [6, 6.07) is 6.51. The van der Waals surface area contributed by atoms with Crippen LogP contribution in [-0.4, -0.2) is 33.8 Å². The van der Waals surface area contributed by atoms with Crippen LogP contribution in [0, 0.1) is 0 Å². The molecule has 0 unspecified atom stereocenters. The Morgan fingerprint density at radius 2 is 1.87 bits per heavy atom. The van der Waals surface area contributed by atoms with E-state index in [4.69, 9.17) is 27.7 Å². The number of nitrogens with zero attached hydrogens (tertiary/aromatic N) is 1. The smallest absolute Gasteiger partial charge is 0.431 e. The van der Waals surface area contributed by atoms with E-state index >= 15 is 0 Å². The first-order chi connectivity index (χ1) is 14.0. The van der Waals surface area contributed by atoms with Crippen LogP contribution in [0.15, 0.2) is 30.3 Å². The van der Waals surface area contributed by atoms with Gasteiger partial charge in [-0.3, -0.25) is 14.6 Å². The molecule has 3 rings (SSSR count). The molecule has 7 nitrogen and oxygen atoms in total. The first kappa shape index (κ1) is 22.8. The normalized spacial score (nSPS) is 16.4. The van der Waals surface area contributed by atoms with Crippen LogP contribution >= 0.6 is 31.0 Å². The number of hydrogen-bond donors (Lipinski definition) is 2. The van der Waals surface area contributed by atoms with Crippen molar-refractivity contribution in [2.24, 2.45) is 0 Å². The van der Waals surface area contributed by atoms with Crippen LogP contribution in [0.4, 0.5) is 8.78 Å². The molecular weight excluding hydrogens is 466 g/mol. The van der Waals surface area contributed by atoms with E-state index in [2.05, 4.69) is 4.74 Å². The molecule has 1 aliphatic heterocycles. The Balaban J connectivity index is 2.23. The first-order valence-corrected chi connectivity index (χ1v) is 10.8. The minimum atomic E-state index is -5.09. The Morgan fingerprint density at radius 3 is 2.40 bits per heavy atom. The second-order valence-corrected chi connectivity index (χ2v) is 8.53. The summed E-state index contributed by atoms with van der Waals surface area (Å²) in [7, 11) is -5.09. The van der Waals surface area contributed by atoms with Crippen molar-refractivity contribution in [3.63, 3.8) is 0 Å². The maximum Gasteiger partial charge on any atom is 0.524 e. The molecule has 1 aliphatic rings. The molecule has 0 saturated heterocycles. The van der Waals surface area contributed by atoms with Gasteiger partial charge in [0.05, 0.1) is 6.04 Å². The van der Waals surface area contributed by atoms with Gasteiger partial charge in [-0.1, -0.05) is 29.3 Å². The van der Waals surface area contributed by atoms with Crippen LogP contribution in [0.5, 0.6) is 11.5 Å². The van der Waals surface area contributed by atoms with Crippen molar-refractivity contribution in [1.29, 1.82) is 0 Å². The van der Waals surface area contributed by atoms with Gasteiger partial charge in [-0.2, -0.15) is 8.78 Å². The largest absolute Gasteiger partial charge is 0.524 e. The Bertz CT molecular complexity index is 1010. The summed E-state index contributed by atoms with van der Waals surface area (Å²) < 4.78 is 46.2. The van der Waals surface area contributed by atoms with Gasteiger partial charge < -0.3 is 14.2 Å². The van der Waals surface area contributed by atoms with Crippen molar-refractivity contribution < 1.29 is 37.2 Å². The van der Waals surface area contributed by atoms with Crippen molar-refractivity contribution in [3.8, 4) is 11.5 Å². The lowest BCUT2D eigenvalue weighted by Gasteiger charge is -2.38. The zero-order chi connectivity index (χ0) is 22.2. The fraction of sp³-hybridized carbons (Fsp3) is 0.278. The van der Waals surface area contributed by atoms with Crippen molar-refractivity contribution in [3.05, 3.63) is 57.1 Å². The monoisotopic (exact) mass is 481 g/mol. The Hall–Kier alpha value is -1.90. The van der Waals surface area contributed by atoms with E-state index in [9.17, 15) is 27.9 Å². The highest BCUT2D eigenvalue weighted by atomic mass is 35.5. The molecule has 2 N–H and O–H groups in total. The van der Waals surface area contributed by atoms with Gasteiger partial charge in [0.25, 0.3) is 0 Å². The molecule has 2 aromatic carbocycles. The quantitative estimate of drug-likeness (QED) is 0.607. The highest BCUT2D eigenvalue weighted by Gasteiger charge is 2.35. The average molecular weight is 482 g/mol. The van der Waals surface area contributed by atoms with Crippen LogP contribution in [0.1, 0.15) is 29.7 Å². The lowest BCUT2D eigenvalue weighted by molar-refractivity contribution is -0.130. The van der Waals surface area contributed by atoms with Crippen LogP contribution in [0.25, 0.3) is 0 Å². The number of phosphoric ester groups is 1. The summed E-state index contributed by atoms with van der Waals surface area (Å²) in [6.07, 6.45) is 0.0927. The van der Waals surface area contributed by atoms with E-state index in [1.54, 1.807) is 12.1 Å². The SMILES string of the molecule is CC(=O)N1CCc2c(ccc(OC(F)F)c2OP(=O)(O)O)[C@H]1c1cc(Cl)cc(Cl)c1. The Kier molecular flexibility index (Phi) is 6.60. The second kappa shape index (κ2) is 8.69. The summed E-state index contributed by atoms with van der Waals surface area (Å²) >= 11 is 12.2. The number of benzene rings is 2. The molecule has 1 atom stereocenters. The molecule has 0 aliphatic carbocycles. The van der Waals surface area contributed by atoms with Crippen molar-refractivity contribution in [2.45, 2.75) is 26.0 Å². The molecule has 1 amide bonds. The number of carbonyl (C=O) groups is 1. The molecule has 0 spiro atoms. The molecule has 0 saturated carbocycles. The number of amides is 1. The number of halogens is 4. The van der Waals surface area contributed by atoms with E-state index in [0.717, 1.165) is 6.07 Å². The summed E-state index contributed by atoms with van der Waals surface area (Å²) in [5, 5.41) is 0.634. The standard InChI is InChI=1S/C18H16Cl2F2NO6P/c1-9(24)23-5-4-14-13(16(23)10-6-11(19)8-12(20)7-10)2-3-15(28-18(21)22)17(14)29-30(25,26)27/h2-3,6-8,16,18H,4-5H2,1H3,(H2,25,26,27)/t16-/m1/s1. The molecule has 1 heterocycles. The van der Waals surface area contributed by atoms with E-state index in [1.807, 2.05) is 0 Å². The van der Waals surface area contributed by atoms with Gasteiger partial charge in [-0.15, -0.1) is 0 Å². The van der Waals surface area contributed by atoms with Crippen molar-refractivity contribution in [2.75, 3.05) is 6.54 Å². The number of ether oxygens (including phenoxy) is 1. The number of fused-ring (bicyclic) bond motifs is 1. The second-order valence-electron chi connectivity index (χ2n) is 6.49. The lowest BCUT2D eigenvalue weighted by atomic mass is 9.87. The zero-order valence-electron chi connectivity index (χ0n) is 15.4. The van der Waals surface area contributed by atoms with Gasteiger partial charge >= 0.3 is 14.4 Å². The third-order valence-electron chi connectivity index (χ3n) is 4.50. The van der Waals surface area contributed by atoms with Gasteiger partial charge in [0.2, 0.25) is 5.91 Å². The third-order valence-corrected chi connectivity index (χ3v) is 5.36. The van der Waals surface area contributed by atoms with Gasteiger partial charge in [0.1, 0.15) is 0 Å². The summed E-state index contributed by atoms with van der Waals surface area (Å²) in [5.74, 6) is -1.29. The average Bonchev–Trinajstić information content (AvgIpc) is 2.60. The maximum absolute atomic E-state index is 12.8. The van der Waals surface area contributed by atoms with Gasteiger partial charge in [0, 0.05) is 29.1 Å². The molecule has 0 aromatic heterocycles. The van der Waals surface area contributed by atoms with E-state index in [-0.39, 0.29) is 24.4 Å². The number of carbonyl (C=O) groups excluding carboxylic acids is 1. The first-order valence-electron chi connectivity index (χ1n) is 8.55. The Labute approximate surface area is 180 Å². The number of hydrogen-bond acceptors (Lipinski definition) is 4. The highest BCUT2D eigenvalue weighted by molar-refractivity contribution is 7.46. The summed E-state index contributed by atoms with van der Waals surface area (Å²) in [6.45, 7) is -1.74. The van der Waals surface area contributed by atoms with E-state index in [1.165, 1.54) is 24.0 Å². The maximum atomic E-state index is 12.8. The summed E-state index contributed by atoms with van der Waals surface area (Å²) in [5.41, 5.74) is 1.18. The number of rotatable bonds is 5. The van der Waals surface area contributed by atoms with Crippen molar-refractivity contribution in [1.82, 2.24) is 4.90 Å². The highest BCUT2D eigenvalue weighted by Crippen LogP contribution is 2.49. The predicted octanol–water partition coefficient (Wildman–Crippen LogP) is 4.56. The molecule has 12 heteroatoms. The molecule has 0 fully saturated rings. The van der Waals surface area contributed by atoms with Gasteiger partial charge in [-0.05, 0) is 41.8 Å². The van der Waals surface area contributed by atoms with Crippen LogP contribution in [0.2, 0.25) is 10.0 Å². The molecule has 162 valence electrons. The number of alkyl halides is 2. The molecule has 2 aromatic rings. The van der Waals surface area contributed by atoms with Gasteiger partial charge in [-0.25, -0.2) is 4.57 Å². The minimum absolute atomic E-state index is 0.0927. The Morgan fingerprint density at radius 1 is 1.23 bits per heavy atom. The zero-order valence-corrected chi connectivity index (χ0v) is 17.8. The van der Waals surface area contributed by atoms with Crippen LogP contribution in [-0.2, 0) is 15.8 Å². The third kappa shape index (κ3) is 5.04. The predicted molar refractivity (Wildman–Crippen MR) is 105 cm³/mol. The molecular formula is C18H16Cl2F2NO6P. The minimum Gasteiger partial charge on any atom is -0.431 e. The molecule has 0 bridgehead atoms. The topological polar surface area (TPSA) is 96.3 Å². The van der Waals surface area contributed by atoms with Crippen molar-refractivity contribution >= 4 is 36.9 Å².